The summed E-state index contributed by atoms with van der Waals surface area (Å²) in [6, 6.07) is 10.9. The number of likely N-dealkylation sites (tertiary alicyclic amines) is 1. The quantitative estimate of drug-likeness (QED) is 0.693. The largest absolute Gasteiger partial charge is 0.326 e. The fourth-order valence-corrected chi connectivity index (χ4v) is 4.04. The standard InChI is InChI=1S/C21H19FN4O2S/c22-15-9-7-14(8-10-15)12-26-18(5-3-6-19(26)27)20(28)25-21-24-17(13-29-21)16-4-1-2-11-23-16/h1-2,4,7-11,13,18H,3,5-6,12H2,(H,24,25,28). The molecule has 0 spiro atoms. The maximum absolute atomic E-state index is 13.2. The molecule has 3 heterocycles. The molecule has 0 bridgehead atoms. The lowest BCUT2D eigenvalue weighted by Gasteiger charge is -2.34. The molecule has 8 heteroatoms. The van der Waals surface area contributed by atoms with Crippen LogP contribution in [0.5, 0.6) is 0 Å². The van der Waals surface area contributed by atoms with Gasteiger partial charge in [-0.1, -0.05) is 18.2 Å². The van der Waals surface area contributed by atoms with Crippen LogP contribution in [0.3, 0.4) is 0 Å². The van der Waals surface area contributed by atoms with E-state index in [4.69, 9.17) is 0 Å². The first-order chi connectivity index (χ1) is 14.1. The SMILES string of the molecule is O=C(Nc1nc(-c2ccccn2)cs1)C1CCCC(=O)N1Cc1ccc(F)cc1. The number of nitrogens with one attached hydrogen (secondary N) is 1. The Labute approximate surface area is 171 Å². The lowest BCUT2D eigenvalue weighted by Crippen LogP contribution is -2.49. The molecule has 148 valence electrons. The summed E-state index contributed by atoms with van der Waals surface area (Å²) in [7, 11) is 0. The molecule has 1 aliphatic heterocycles. The number of halogens is 1. The second-order valence-corrected chi connectivity index (χ2v) is 7.66. The zero-order valence-corrected chi connectivity index (χ0v) is 16.4. The van der Waals surface area contributed by atoms with Gasteiger partial charge in [0.2, 0.25) is 11.8 Å². The Kier molecular flexibility index (Phi) is 5.62. The number of nitrogens with zero attached hydrogens (tertiary/aromatic N) is 3. The number of pyridine rings is 1. The minimum atomic E-state index is -0.580. The number of anilines is 1. The van der Waals surface area contributed by atoms with Crippen molar-refractivity contribution in [2.75, 3.05) is 5.32 Å². The van der Waals surface area contributed by atoms with Crippen molar-refractivity contribution in [1.82, 2.24) is 14.9 Å². The van der Waals surface area contributed by atoms with Crippen LogP contribution >= 0.6 is 11.3 Å². The normalized spacial score (nSPS) is 16.7. The van der Waals surface area contributed by atoms with Gasteiger partial charge < -0.3 is 10.2 Å². The van der Waals surface area contributed by atoms with E-state index in [-0.39, 0.29) is 24.2 Å². The average Bonchev–Trinajstić information content (AvgIpc) is 3.20. The average molecular weight is 410 g/mol. The maximum Gasteiger partial charge on any atom is 0.248 e. The highest BCUT2D eigenvalue weighted by atomic mass is 32.1. The van der Waals surface area contributed by atoms with E-state index in [9.17, 15) is 14.0 Å². The van der Waals surface area contributed by atoms with Gasteiger partial charge in [0.25, 0.3) is 0 Å². The fourth-order valence-electron chi connectivity index (χ4n) is 3.33. The summed E-state index contributed by atoms with van der Waals surface area (Å²) in [5.74, 6) is -0.670. The molecule has 1 N–H and O–H groups in total. The number of rotatable bonds is 5. The number of piperidine rings is 1. The minimum Gasteiger partial charge on any atom is -0.326 e. The highest BCUT2D eigenvalue weighted by Crippen LogP contribution is 2.26. The molecule has 29 heavy (non-hydrogen) atoms. The van der Waals surface area contributed by atoms with Gasteiger partial charge in [-0.2, -0.15) is 0 Å². The van der Waals surface area contributed by atoms with Gasteiger partial charge in [0, 0.05) is 24.5 Å². The Hall–Kier alpha value is -3.13. The number of carbonyl (C=O) groups is 2. The van der Waals surface area contributed by atoms with E-state index in [0.29, 0.717) is 30.1 Å². The zero-order chi connectivity index (χ0) is 20.2. The molecular formula is C21H19FN4O2S. The van der Waals surface area contributed by atoms with Crippen LogP contribution in [0.4, 0.5) is 9.52 Å². The lowest BCUT2D eigenvalue weighted by atomic mass is 9.99. The fraction of sp³-hybridized carbons (Fsp3) is 0.238. The van der Waals surface area contributed by atoms with Crippen molar-refractivity contribution in [3.63, 3.8) is 0 Å². The van der Waals surface area contributed by atoms with Gasteiger partial charge in [-0.3, -0.25) is 14.6 Å². The van der Waals surface area contributed by atoms with Gasteiger partial charge in [-0.15, -0.1) is 11.3 Å². The first-order valence-electron chi connectivity index (χ1n) is 9.32. The Bertz CT molecular complexity index is 1010. The summed E-state index contributed by atoms with van der Waals surface area (Å²) in [6.45, 7) is 0.272. The Morgan fingerprint density at radius 2 is 2.03 bits per heavy atom. The molecule has 0 saturated carbocycles. The van der Waals surface area contributed by atoms with Gasteiger partial charge in [-0.05, 0) is 42.7 Å². The van der Waals surface area contributed by atoms with Gasteiger partial charge in [0.1, 0.15) is 17.6 Å². The third kappa shape index (κ3) is 4.48. The molecule has 1 aliphatic rings. The van der Waals surface area contributed by atoms with E-state index in [1.807, 2.05) is 23.6 Å². The molecule has 6 nitrogen and oxygen atoms in total. The molecule has 0 radical (unpaired) electrons. The Morgan fingerprint density at radius 3 is 2.79 bits per heavy atom. The van der Waals surface area contributed by atoms with Crippen molar-refractivity contribution in [2.24, 2.45) is 0 Å². The summed E-state index contributed by atoms with van der Waals surface area (Å²) in [4.78, 5) is 35.6. The van der Waals surface area contributed by atoms with Crippen LogP contribution in [0.2, 0.25) is 0 Å². The smallest absolute Gasteiger partial charge is 0.248 e. The summed E-state index contributed by atoms with van der Waals surface area (Å²) in [5, 5.41) is 5.14. The topological polar surface area (TPSA) is 75.2 Å². The molecular weight excluding hydrogens is 391 g/mol. The number of carbonyl (C=O) groups excluding carboxylic acids is 2. The summed E-state index contributed by atoms with van der Waals surface area (Å²) >= 11 is 1.32. The van der Waals surface area contributed by atoms with E-state index in [2.05, 4.69) is 15.3 Å². The predicted molar refractivity (Wildman–Crippen MR) is 109 cm³/mol. The van der Waals surface area contributed by atoms with E-state index in [0.717, 1.165) is 11.3 Å². The molecule has 1 fully saturated rings. The van der Waals surface area contributed by atoms with Crippen molar-refractivity contribution in [2.45, 2.75) is 31.8 Å². The Balaban J connectivity index is 1.48. The highest BCUT2D eigenvalue weighted by Gasteiger charge is 2.33. The number of aromatic nitrogens is 2. The van der Waals surface area contributed by atoms with Gasteiger partial charge in [-0.25, -0.2) is 9.37 Å². The molecule has 4 rings (SSSR count). The van der Waals surface area contributed by atoms with E-state index < -0.39 is 6.04 Å². The molecule has 1 saturated heterocycles. The first-order valence-corrected chi connectivity index (χ1v) is 10.2. The second-order valence-electron chi connectivity index (χ2n) is 6.80. The zero-order valence-electron chi connectivity index (χ0n) is 15.5. The molecule has 1 unspecified atom stereocenters. The third-order valence-corrected chi connectivity index (χ3v) is 5.55. The summed E-state index contributed by atoms with van der Waals surface area (Å²) in [5.41, 5.74) is 2.20. The van der Waals surface area contributed by atoms with Crippen LogP contribution < -0.4 is 5.32 Å². The number of thiazole rings is 1. The molecule has 1 aromatic carbocycles. The van der Waals surface area contributed by atoms with Crippen LogP contribution in [0.25, 0.3) is 11.4 Å². The van der Waals surface area contributed by atoms with Crippen molar-refractivity contribution < 1.29 is 14.0 Å². The maximum atomic E-state index is 13.2. The second kappa shape index (κ2) is 8.48. The van der Waals surface area contributed by atoms with E-state index in [1.54, 1.807) is 23.2 Å². The first kappa shape index (κ1) is 19.2. The Morgan fingerprint density at radius 1 is 1.21 bits per heavy atom. The number of hydrogen-bond donors (Lipinski definition) is 1. The van der Waals surface area contributed by atoms with Gasteiger partial charge >= 0.3 is 0 Å². The number of benzene rings is 1. The van der Waals surface area contributed by atoms with Crippen LogP contribution in [0.15, 0.2) is 54.0 Å². The number of hydrogen-bond acceptors (Lipinski definition) is 5. The van der Waals surface area contributed by atoms with Crippen molar-refractivity contribution in [3.05, 3.63) is 65.4 Å². The molecule has 2 amide bonds. The molecule has 0 aliphatic carbocycles. The van der Waals surface area contributed by atoms with Gasteiger partial charge in [0.15, 0.2) is 5.13 Å². The molecule has 1 atom stereocenters. The summed E-state index contributed by atoms with van der Waals surface area (Å²) < 4.78 is 13.2. The van der Waals surface area contributed by atoms with E-state index >= 15 is 0 Å². The molecule has 2 aromatic heterocycles. The van der Waals surface area contributed by atoms with Crippen LogP contribution in [0, 0.1) is 5.82 Å². The van der Waals surface area contributed by atoms with Crippen molar-refractivity contribution >= 4 is 28.3 Å². The monoisotopic (exact) mass is 410 g/mol. The third-order valence-electron chi connectivity index (χ3n) is 4.80. The predicted octanol–water partition coefficient (Wildman–Crippen LogP) is 3.86. The highest BCUT2D eigenvalue weighted by molar-refractivity contribution is 7.14. The van der Waals surface area contributed by atoms with Crippen LogP contribution in [-0.2, 0) is 16.1 Å². The van der Waals surface area contributed by atoms with Crippen LogP contribution in [0.1, 0.15) is 24.8 Å². The number of amides is 2. The van der Waals surface area contributed by atoms with E-state index in [1.165, 1.54) is 23.5 Å². The molecule has 3 aromatic rings. The lowest BCUT2D eigenvalue weighted by molar-refractivity contribution is -0.142. The minimum absolute atomic E-state index is 0.0750. The summed E-state index contributed by atoms with van der Waals surface area (Å²) in [6.07, 6.45) is 3.34. The van der Waals surface area contributed by atoms with Crippen molar-refractivity contribution in [3.8, 4) is 11.4 Å². The van der Waals surface area contributed by atoms with Crippen LogP contribution in [-0.4, -0.2) is 32.7 Å². The van der Waals surface area contributed by atoms with Gasteiger partial charge in [0.05, 0.1) is 5.69 Å². The van der Waals surface area contributed by atoms with Crippen molar-refractivity contribution in [1.29, 1.82) is 0 Å².